The number of halogens is 1. The van der Waals surface area contributed by atoms with Gasteiger partial charge in [0.2, 0.25) is 11.8 Å². The summed E-state index contributed by atoms with van der Waals surface area (Å²) in [5.74, 6) is 1.15. The molecule has 0 aliphatic carbocycles. The van der Waals surface area contributed by atoms with Crippen LogP contribution in [0.5, 0.6) is 0 Å². The van der Waals surface area contributed by atoms with Crippen molar-refractivity contribution in [2.45, 2.75) is 38.4 Å². The Morgan fingerprint density at radius 3 is 2.92 bits per heavy atom. The van der Waals surface area contributed by atoms with Crippen LogP contribution >= 0.6 is 0 Å². The van der Waals surface area contributed by atoms with Crippen molar-refractivity contribution in [3.05, 3.63) is 47.4 Å². The van der Waals surface area contributed by atoms with Gasteiger partial charge in [-0.15, -0.1) is 0 Å². The first-order valence-electron chi connectivity index (χ1n) is 8.54. The zero-order valence-corrected chi connectivity index (χ0v) is 14.0. The molecular weight excluding hydrogens is 325 g/mol. The van der Waals surface area contributed by atoms with E-state index in [1.165, 1.54) is 6.07 Å². The fourth-order valence-electron chi connectivity index (χ4n) is 3.73. The molecule has 0 spiro atoms. The molecule has 2 saturated heterocycles. The average molecular weight is 345 g/mol. The molecule has 2 fully saturated rings. The van der Waals surface area contributed by atoms with E-state index in [0.717, 1.165) is 6.42 Å². The highest BCUT2D eigenvalue weighted by molar-refractivity contribution is 5.79. The molecular formula is C18H20FN3O3. The Labute approximate surface area is 145 Å². The lowest BCUT2D eigenvalue weighted by molar-refractivity contribution is -0.130. The number of aromatic nitrogens is 2. The summed E-state index contributed by atoms with van der Waals surface area (Å²) in [7, 11) is 0. The van der Waals surface area contributed by atoms with Crippen molar-refractivity contribution in [1.82, 2.24) is 15.0 Å². The number of hydrogen-bond donors (Lipinski definition) is 0. The second-order valence-electron chi connectivity index (χ2n) is 6.80. The molecule has 0 bridgehead atoms. The van der Waals surface area contributed by atoms with Crippen molar-refractivity contribution in [2.24, 2.45) is 5.92 Å². The Balaban J connectivity index is 1.31. The molecule has 1 aromatic carbocycles. The van der Waals surface area contributed by atoms with Crippen LogP contribution in [-0.2, 0) is 22.4 Å². The van der Waals surface area contributed by atoms with E-state index in [0.29, 0.717) is 42.7 Å². The van der Waals surface area contributed by atoms with Gasteiger partial charge in [-0.05, 0) is 25.0 Å². The van der Waals surface area contributed by atoms with Gasteiger partial charge in [0.1, 0.15) is 5.82 Å². The summed E-state index contributed by atoms with van der Waals surface area (Å²) in [6.45, 7) is 3.02. The quantitative estimate of drug-likeness (QED) is 0.847. The van der Waals surface area contributed by atoms with Gasteiger partial charge in [-0.3, -0.25) is 4.79 Å². The largest absolute Gasteiger partial charge is 0.372 e. The number of benzene rings is 1. The van der Waals surface area contributed by atoms with Crippen molar-refractivity contribution in [3.63, 3.8) is 0 Å². The fourth-order valence-corrected chi connectivity index (χ4v) is 3.73. The zero-order chi connectivity index (χ0) is 17.4. The minimum atomic E-state index is -0.332. The van der Waals surface area contributed by atoms with Crippen LogP contribution in [0.2, 0.25) is 0 Å². The van der Waals surface area contributed by atoms with E-state index in [1.54, 1.807) is 30.0 Å². The molecule has 0 saturated carbocycles. The first-order valence-corrected chi connectivity index (χ1v) is 8.54. The SMILES string of the molecule is Cc1noc(C[C@@H]2C[C@@H]3CN(C(=O)Cc4ccccc4F)C[C@@H]3O2)n1. The molecule has 3 heterocycles. The van der Waals surface area contributed by atoms with Gasteiger partial charge in [-0.2, -0.15) is 4.98 Å². The van der Waals surface area contributed by atoms with E-state index in [1.807, 2.05) is 0 Å². The van der Waals surface area contributed by atoms with Crippen LogP contribution in [-0.4, -0.2) is 46.2 Å². The molecule has 2 aromatic rings. The lowest BCUT2D eigenvalue weighted by Crippen LogP contribution is -2.33. The summed E-state index contributed by atoms with van der Waals surface area (Å²) in [4.78, 5) is 18.4. The van der Waals surface area contributed by atoms with E-state index >= 15 is 0 Å². The Bertz CT molecular complexity index is 764. The number of likely N-dealkylation sites (tertiary alicyclic amines) is 1. The zero-order valence-electron chi connectivity index (χ0n) is 14.0. The van der Waals surface area contributed by atoms with E-state index < -0.39 is 0 Å². The first-order chi connectivity index (χ1) is 12.1. The monoisotopic (exact) mass is 345 g/mol. The second-order valence-corrected chi connectivity index (χ2v) is 6.80. The standard InChI is InChI=1S/C18H20FN3O3/c1-11-20-17(25-21-11)8-14-6-13-9-22(10-16(13)24-14)18(23)7-12-4-2-3-5-15(12)19/h2-5,13-14,16H,6-10H2,1H3/t13-,14+,16+/m1/s1. The summed E-state index contributed by atoms with van der Waals surface area (Å²) in [6.07, 6.45) is 1.67. The van der Waals surface area contributed by atoms with Gasteiger partial charge in [0.25, 0.3) is 0 Å². The van der Waals surface area contributed by atoms with Crippen LogP contribution in [0.1, 0.15) is 23.7 Å². The summed E-state index contributed by atoms with van der Waals surface area (Å²) in [5, 5.41) is 3.79. The number of hydrogen-bond acceptors (Lipinski definition) is 5. The van der Waals surface area contributed by atoms with Crippen LogP contribution in [0, 0.1) is 18.7 Å². The number of nitrogens with zero attached hydrogens (tertiary/aromatic N) is 3. The van der Waals surface area contributed by atoms with E-state index in [-0.39, 0.29) is 30.4 Å². The summed E-state index contributed by atoms with van der Waals surface area (Å²) in [5.41, 5.74) is 0.440. The summed E-state index contributed by atoms with van der Waals surface area (Å²) >= 11 is 0. The van der Waals surface area contributed by atoms with Crippen LogP contribution in [0.25, 0.3) is 0 Å². The number of carbonyl (C=O) groups excluding carboxylic acids is 1. The molecule has 6 nitrogen and oxygen atoms in total. The molecule has 2 aliphatic rings. The smallest absolute Gasteiger partial charge is 0.229 e. The van der Waals surface area contributed by atoms with Crippen molar-refractivity contribution in [1.29, 1.82) is 0 Å². The van der Waals surface area contributed by atoms with Gasteiger partial charge in [-0.25, -0.2) is 4.39 Å². The van der Waals surface area contributed by atoms with Crippen LogP contribution in [0.15, 0.2) is 28.8 Å². The summed E-state index contributed by atoms with van der Waals surface area (Å²) < 4.78 is 24.9. The normalized spacial score (nSPS) is 25.4. The molecule has 7 heteroatoms. The minimum absolute atomic E-state index is 0.0404. The molecule has 25 heavy (non-hydrogen) atoms. The molecule has 0 unspecified atom stereocenters. The highest BCUT2D eigenvalue weighted by Gasteiger charge is 2.43. The van der Waals surface area contributed by atoms with E-state index in [4.69, 9.17) is 9.26 Å². The highest BCUT2D eigenvalue weighted by Crippen LogP contribution is 2.34. The number of fused-ring (bicyclic) bond motifs is 1. The molecule has 0 N–H and O–H groups in total. The summed E-state index contributed by atoms with van der Waals surface area (Å²) in [6, 6.07) is 6.41. The van der Waals surface area contributed by atoms with Gasteiger partial charge >= 0.3 is 0 Å². The minimum Gasteiger partial charge on any atom is -0.372 e. The van der Waals surface area contributed by atoms with E-state index in [2.05, 4.69) is 10.1 Å². The molecule has 1 aromatic heterocycles. The highest BCUT2D eigenvalue weighted by atomic mass is 19.1. The van der Waals surface area contributed by atoms with Gasteiger partial charge < -0.3 is 14.2 Å². The molecule has 0 radical (unpaired) electrons. The van der Waals surface area contributed by atoms with Gasteiger partial charge in [0.15, 0.2) is 5.82 Å². The molecule has 2 aliphatic heterocycles. The van der Waals surface area contributed by atoms with Crippen molar-refractivity contribution in [2.75, 3.05) is 13.1 Å². The van der Waals surface area contributed by atoms with E-state index in [9.17, 15) is 9.18 Å². The predicted molar refractivity (Wildman–Crippen MR) is 86.2 cm³/mol. The fraction of sp³-hybridized carbons (Fsp3) is 0.500. The lowest BCUT2D eigenvalue weighted by Gasteiger charge is -2.19. The topological polar surface area (TPSA) is 68.5 Å². The number of carbonyl (C=O) groups is 1. The third-order valence-corrected chi connectivity index (χ3v) is 4.94. The third-order valence-electron chi connectivity index (χ3n) is 4.94. The number of aryl methyl sites for hydroxylation is 1. The maximum absolute atomic E-state index is 13.7. The van der Waals surface area contributed by atoms with Crippen molar-refractivity contribution >= 4 is 5.91 Å². The maximum atomic E-state index is 13.7. The molecule has 132 valence electrons. The molecule has 1 amide bonds. The predicted octanol–water partition coefficient (Wildman–Crippen LogP) is 1.92. The molecule has 4 rings (SSSR count). The van der Waals surface area contributed by atoms with Gasteiger partial charge in [0, 0.05) is 19.0 Å². The van der Waals surface area contributed by atoms with Gasteiger partial charge in [0.05, 0.1) is 25.0 Å². The third kappa shape index (κ3) is 3.42. The van der Waals surface area contributed by atoms with Crippen LogP contribution in [0.4, 0.5) is 4.39 Å². The Morgan fingerprint density at radius 2 is 2.20 bits per heavy atom. The maximum Gasteiger partial charge on any atom is 0.229 e. The second kappa shape index (κ2) is 6.55. The Morgan fingerprint density at radius 1 is 1.36 bits per heavy atom. The van der Waals surface area contributed by atoms with Crippen molar-refractivity contribution < 1.29 is 18.4 Å². The van der Waals surface area contributed by atoms with Crippen LogP contribution in [0.3, 0.4) is 0 Å². The number of ether oxygens (including phenoxy) is 1. The Hall–Kier alpha value is -2.28. The average Bonchev–Trinajstić information content (AvgIpc) is 3.24. The van der Waals surface area contributed by atoms with Gasteiger partial charge in [-0.1, -0.05) is 23.4 Å². The lowest BCUT2D eigenvalue weighted by atomic mass is 10.0. The Kier molecular flexibility index (Phi) is 4.25. The van der Waals surface area contributed by atoms with Crippen LogP contribution < -0.4 is 0 Å². The molecule has 3 atom stereocenters. The number of amides is 1. The number of rotatable bonds is 4. The first kappa shape index (κ1) is 16.2. The van der Waals surface area contributed by atoms with Crippen molar-refractivity contribution in [3.8, 4) is 0 Å².